The van der Waals surface area contributed by atoms with Crippen molar-refractivity contribution in [2.75, 3.05) is 0 Å². The van der Waals surface area contributed by atoms with Crippen LogP contribution in [0.1, 0.15) is 50.3 Å². The molecule has 1 heterocycles. The highest BCUT2D eigenvalue weighted by molar-refractivity contribution is 9.10. The van der Waals surface area contributed by atoms with E-state index in [1.165, 1.54) is 12.8 Å². The minimum atomic E-state index is -0.0172. The smallest absolute Gasteiger partial charge is 0.214 e. The lowest BCUT2D eigenvalue weighted by Crippen LogP contribution is -2.09. The van der Waals surface area contributed by atoms with Crippen LogP contribution < -0.4 is 5.73 Å². The molecule has 2 N–H and O–H groups in total. The Labute approximate surface area is 136 Å². The average molecular weight is 368 g/mol. The molecule has 1 atom stereocenters. The van der Waals surface area contributed by atoms with Crippen LogP contribution in [-0.4, -0.2) is 20.2 Å². The van der Waals surface area contributed by atoms with E-state index in [0.29, 0.717) is 6.04 Å². The van der Waals surface area contributed by atoms with Crippen molar-refractivity contribution in [2.45, 2.75) is 54.7 Å². The fourth-order valence-electron chi connectivity index (χ4n) is 2.70. The van der Waals surface area contributed by atoms with Crippen molar-refractivity contribution in [1.82, 2.24) is 20.2 Å². The standard InChI is InChI=1S/C14H18BrN5S/c1-9(16)12-7-6-10(15)8-13(12)21-14-17-18-19-20(14)11-4-2-3-5-11/h6-9,11H,2-5,16H2,1H3. The van der Waals surface area contributed by atoms with Crippen molar-refractivity contribution in [3.8, 4) is 0 Å². The van der Waals surface area contributed by atoms with Crippen LogP contribution in [0.5, 0.6) is 0 Å². The van der Waals surface area contributed by atoms with Gasteiger partial charge < -0.3 is 5.73 Å². The maximum Gasteiger partial charge on any atom is 0.214 e. The van der Waals surface area contributed by atoms with E-state index in [1.807, 2.05) is 17.7 Å². The summed E-state index contributed by atoms with van der Waals surface area (Å²) < 4.78 is 3.01. The normalized spacial score (nSPS) is 17.3. The van der Waals surface area contributed by atoms with E-state index in [-0.39, 0.29) is 6.04 Å². The summed E-state index contributed by atoms with van der Waals surface area (Å²) in [6, 6.07) is 6.57. The zero-order valence-electron chi connectivity index (χ0n) is 11.9. The first-order valence-corrected chi connectivity index (χ1v) is 8.77. The fourth-order valence-corrected chi connectivity index (χ4v) is 4.33. The Kier molecular flexibility index (Phi) is 4.61. The number of aromatic nitrogens is 4. The van der Waals surface area contributed by atoms with Crippen LogP contribution >= 0.6 is 27.7 Å². The predicted molar refractivity (Wildman–Crippen MR) is 86.2 cm³/mol. The van der Waals surface area contributed by atoms with Gasteiger partial charge in [0.2, 0.25) is 5.16 Å². The van der Waals surface area contributed by atoms with E-state index in [4.69, 9.17) is 5.73 Å². The van der Waals surface area contributed by atoms with Crippen molar-refractivity contribution in [3.05, 3.63) is 28.2 Å². The van der Waals surface area contributed by atoms with Gasteiger partial charge in [-0.05, 0) is 59.7 Å². The molecule has 5 nitrogen and oxygen atoms in total. The number of rotatable bonds is 4. The first-order chi connectivity index (χ1) is 10.1. The number of hydrogen-bond donors (Lipinski definition) is 1. The molecule has 7 heteroatoms. The van der Waals surface area contributed by atoms with Crippen molar-refractivity contribution >= 4 is 27.7 Å². The van der Waals surface area contributed by atoms with Crippen molar-refractivity contribution in [3.63, 3.8) is 0 Å². The third-order valence-electron chi connectivity index (χ3n) is 3.80. The van der Waals surface area contributed by atoms with Crippen molar-refractivity contribution in [2.24, 2.45) is 5.73 Å². The van der Waals surface area contributed by atoms with Gasteiger partial charge in [0.1, 0.15) is 0 Å². The van der Waals surface area contributed by atoms with Gasteiger partial charge in [0.05, 0.1) is 6.04 Å². The SMILES string of the molecule is CC(N)c1ccc(Br)cc1Sc1nnnn1C1CCCC1. The highest BCUT2D eigenvalue weighted by Gasteiger charge is 2.22. The Morgan fingerprint density at radius 1 is 1.38 bits per heavy atom. The fraction of sp³-hybridized carbons (Fsp3) is 0.500. The Bertz CT molecular complexity index is 622. The molecule has 1 aromatic heterocycles. The van der Waals surface area contributed by atoms with E-state index in [2.05, 4.69) is 43.6 Å². The Hall–Kier alpha value is -0.920. The maximum absolute atomic E-state index is 6.07. The minimum absolute atomic E-state index is 0.0172. The second kappa shape index (κ2) is 6.46. The van der Waals surface area contributed by atoms with Crippen LogP contribution in [-0.2, 0) is 0 Å². The molecular formula is C14H18BrN5S. The number of halogens is 1. The highest BCUT2D eigenvalue weighted by Crippen LogP contribution is 2.37. The second-order valence-corrected chi connectivity index (χ2v) is 7.34. The van der Waals surface area contributed by atoms with Gasteiger partial charge in [-0.3, -0.25) is 0 Å². The molecule has 1 aliphatic carbocycles. The molecule has 1 saturated carbocycles. The van der Waals surface area contributed by atoms with Gasteiger partial charge in [0, 0.05) is 15.4 Å². The largest absolute Gasteiger partial charge is 0.324 e. The summed E-state index contributed by atoms with van der Waals surface area (Å²) >= 11 is 5.12. The van der Waals surface area contributed by atoms with Gasteiger partial charge in [-0.15, -0.1) is 5.10 Å². The van der Waals surface area contributed by atoms with Gasteiger partial charge in [-0.25, -0.2) is 4.68 Å². The lowest BCUT2D eigenvalue weighted by atomic mass is 10.1. The van der Waals surface area contributed by atoms with E-state index >= 15 is 0 Å². The number of nitrogens with zero attached hydrogens (tertiary/aromatic N) is 4. The number of hydrogen-bond acceptors (Lipinski definition) is 5. The summed E-state index contributed by atoms with van der Waals surface area (Å²) in [5.74, 6) is 0. The topological polar surface area (TPSA) is 69.6 Å². The van der Waals surface area contributed by atoms with E-state index in [0.717, 1.165) is 32.9 Å². The van der Waals surface area contributed by atoms with Crippen LogP contribution in [0.2, 0.25) is 0 Å². The Morgan fingerprint density at radius 2 is 2.14 bits per heavy atom. The molecule has 3 rings (SSSR count). The van der Waals surface area contributed by atoms with E-state index in [1.54, 1.807) is 11.8 Å². The number of tetrazole rings is 1. The van der Waals surface area contributed by atoms with Gasteiger partial charge in [-0.1, -0.05) is 34.8 Å². The zero-order chi connectivity index (χ0) is 14.8. The number of nitrogens with two attached hydrogens (primary N) is 1. The molecule has 21 heavy (non-hydrogen) atoms. The van der Waals surface area contributed by atoms with Crippen LogP contribution in [0.4, 0.5) is 0 Å². The average Bonchev–Trinajstić information content (AvgIpc) is 3.08. The Morgan fingerprint density at radius 3 is 2.86 bits per heavy atom. The van der Waals surface area contributed by atoms with Gasteiger partial charge in [0.15, 0.2) is 0 Å². The molecule has 1 unspecified atom stereocenters. The summed E-state index contributed by atoms with van der Waals surface area (Å²) in [5, 5.41) is 13.1. The predicted octanol–water partition coefficient (Wildman–Crippen LogP) is 3.72. The Balaban J connectivity index is 1.90. The van der Waals surface area contributed by atoms with Crippen LogP contribution in [0.25, 0.3) is 0 Å². The summed E-state index contributed by atoms with van der Waals surface area (Å²) in [4.78, 5) is 1.11. The maximum atomic E-state index is 6.07. The van der Waals surface area contributed by atoms with Crippen LogP contribution in [0, 0.1) is 0 Å². The zero-order valence-corrected chi connectivity index (χ0v) is 14.3. The molecule has 0 spiro atoms. The molecule has 0 bridgehead atoms. The van der Waals surface area contributed by atoms with Gasteiger partial charge >= 0.3 is 0 Å². The summed E-state index contributed by atoms with van der Waals surface area (Å²) in [5.41, 5.74) is 7.18. The first kappa shape index (κ1) is 15.0. The van der Waals surface area contributed by atoms with Crippen molar-refractivity contribution in [1.29, 1.82) is 0 Å². The van der Waals surface area contributed by atoms with Gasteiger partial charge in [0.25, 0.3) is 0 Å². The molecular weight excluding hydrogens is 350 g/mol. The molecule has 112 valence electrons. The lowest BCUT2D eigenvalue weighted by molar-refractivity contribution is 0.423. The molecule has 0 aliphatic heterocycles. The number of benzene rings is 1. The first-order valence-electron chi connectivity index (χ1n) is 7.16. The molecule has 0 saturated heterocycles. The van der Waals surface area contributed by atoms with E-state index < -0.39 is 0 Å². The van der Waals surface area contributed by atoms with Crippen molar-refractivity contribution < 1.29 is 0 Å². The van der Waals surface area contributed by atoms with E-state index in [9.17, 15) is 0 Å². The quantitative estimate of drug-likeness (QED) is 0.891. The minimum Gasteiger partial charge on any atom is -0.324 e. The summed E-state index contributed by atoms with van der Waals surface area (Å²) in [6.45, 7) is 1.99. The molecule has 1 aromatic carbocycles. The summed E-state index contributed by atoms with van der Waals surface area (Å²) in [6.07, 6.45) is 4.85. The monoisotopic (exact) mass is 367 g/mol. The molecule has 0 amide bonds. The second-order valence-electron chi connectivity index (χ2n) is 5.42. The van der Waals surface area contributed by atoms with Crippen LogP contribution in [0.15, 0.2) is 32.7 Å². The molecule has 1 aliphatic rings. The molecule has 0 radical (unpaired) electrons. The van der Waals surface area contributed by atoms with Crippen LogP contribution in [0.3, 0.4) is 0 Å². The summed E-state index contributed by atoms with van der Waals surface area (Å²) in [7, 11) is 0. The lowest BCUT2D eigenvalue weighted by Gasteiger charge is -2.14. The molecule has 2 aromatic rings. The third-order valence-corrected chi connectivity index (χ3v) is 5.32. The molecule has 1 fully saturated rings. The third kappa shape index (κ3) is 3.30. The van der Waals surface area contributed by atoms with Gasteiger partial charge in [-0.2, -0.15) is 0 Å². The highest BCUT2D eigenvalue weighted by atomic mass is 79.9.